The molecule has 0 spiro atoms. The fourth-order valence-corrected chi connectivity index (χ4v) is 3.11. The predicted molar refractivity (Wildman–Crippen MR) is 101 cm³/mol. The molecule has 1 fully saturated rings. The van der Waals surface area contributed by atoms with E-state index in [1.165, 1.54) is 18.2 Å². The summed E-state index contributed by atoms with van der Waals surface area (Å²) in [6.45, 7) is 4.37. The molecule has 2 amide bonds. The number of ether oxygens (including phenoxy) is 1. The summed E-state index contributed by atoms with van der Waals surface area (Å²) < 4.78 is 44.3. The number of hydrogen-bond acceptors (Lipinski definition) is 5. The third-order valence-corrected chi connectivity index (χ3v) is 4.38. The molecule has 166 valence electrons. The molecular formula is C20H25F3N2O5. The van der Waals surface area contributed by atoms with Crippen LogP contribution in [0.25, 0.3) is 0 Å². The van der Waals surface area contributed by atoms with E-state index < -0.39 is 60.2 Å². The number of benzene rings is 1. The number of hydrogen-bond donors (Lipinski definition) is 2. The van der Waals surface area contributed by atoms with Crippen molar-refractivity contribution in [2.24, 2.45) is 0 Å². The van der Waals surface area contributed by atoms with E-state index in [4.69, 9.17) is 4.74 Å². The van der Waals surface area contributed by atoms with Gasteiger partial charge in [-0.1, -0.05) is 18.2 Å². The highest BCUT2D eigenvalue weighted by molar-refractivity contribution is 5.91. The van der Waals surface area contributed by atoms with E-state index in [-0.39, 0.29) is 18.5 Å². The lowest BCUT2D eigenvalue weighted by Gasteiger charge is -2.27. The summed E-state index contributed by atoms with van der Waals surface area (Å²) in [4.78, 5) is 37.9. The average molecular weight is 430 g/mol. The first-order valence-corrected chi connectivity index (χ1v) is 9.40. The minimum absolute atomic E-state index is 0.0316. The van der Waals surface area contributed by atoms with Gasteiger partial charge in [0.1, 0.15) is 11.6 Å². The van der Waals surface area contributed by atoms with Crippen molar-refractivity contribution in [1.29, 1.82) is 0 Å². The number of Topliss-reactive ketones (excluding diaryl/α,β-unsaturated/α-hetero) is 1. The van der Waals surface area contributed by atoms with E-state index in [0.717, 1.165) is 11.0 Å². The molecule has 10 heteroatoms. The van der Waals surface area contributed by atoms with Crippen LogP contribution < -0.4 is 5.32 Å². The minimum atomic E-state index is -4.59. The third-order valence-electron chi connectivity index (χ3n) is 4.38. The van der Waals surface area contributed by atoms with Crippen molar-refractivity contribution in [1.82, 2.24) is 10.2 Å². The Bertz CT molecular complexity index is 804. The summed E-state index contributed by atoms with van der Waals surface area (Å²) >= 11 is 0. The normalized spacial score (nSPS) is 19.5. The molecule has 1 aromatic rings. The minimum Gasteiger partial charge on any atom is -0.444 e. The zero-order chi connectivity index (χ0) is 22.7. The number of alkyl halides is 3. The van der Waals surface area contributed by atoms with Gasteiger partial charge in [0.05, 0.1) is 24.8 Å². The van der Waals surface area contributed by atoms with Crippen molar-refractivity contribution in [3.05, 3.63) is 35.4 Å². The molecule has 2 rings (SSSR count). The zero-order valence-electron chi connectivity index (χ0n) is 17.0. The summed E-state index contributed by atoms with van der Waals surface area (Å²) in [7, 11) is 0. The quantitative estimate of drug-likeness (QED) is 0.748. The second-order valence-electron chi connectivity index (χ2n) is 8.13. The second-order valence-corrected chi connectivity index (χ2v) is 8.13. The molecule has 0 aromatic heterocycles. The van der Waals surface area contributed by atoms with Gasteiger partial charge in [0.25, 0.3) is 0 Å². The lowest BCUT2D eigenvalue weighted by Crippen LogP contribution is -2.48. The van der Waals surface area contributed by atoms with Crippen LogP contribution in [0.5, 0.6) is 0 Å². The maximum atomic E-state index is 13.0. The third kappa shape index (κ3) is 6.45. The maximum absolute atomic E-state index is 13.0. The van der Waals surface area contributed by atoms with Crippen LogP contribution in [-0.4, -0.2) is 58.6 Å². The Balaban J connectivity index is 1.98. The van der Waals surface area contributed by atoms with Gasteiger partial charge in [-0.15, -0.1) is 0 Å². The number of nitrogens with zero attached hydrogens (tertiary/aromatic N) is 1. The number of carbonyl (C=O) groups excluding carboxylic acids is 3. The van der Waals surface area contributed by atoms with Gasteiger partial charge in [-0.3, -0.25) is 14.5 Å². The first-order valence-electron chi connectivity index (χ1n) is 9.40. The van der Waals surface area contributed by atoms with Gasteiger partial charge >= 0.3 is 12.3 Å². The fourth-order valence-electron chi connectivity index (χ4n) is 3.11. The van der Waals surface area contributed by atoms with E-state index in [0.29, 0.717) is 0 Å². The lowest BCUT2D eigenvalue weighted by molar-refractivity contribution is -0.138. The molecule has 0 saturated carbocycles. The molecule has 0 bridgehead atoms. The lowest BCUT2D eigenvalue weighted by atomic mass is 10.0. The van der Waals surface area contributed by atoms with Gasteiger partial charge in [-0.25, -0.2) is 4.79 Å². The first kappa shape index (κ1) is 23.7. The van der Waals surface area contributed by atoms with Gasteiger partial charge in [0.15, 0.2) is 5.78 Å². The van der Waals surface area contributed by atoms with Gasteiger partial charge in [0.2, 0.25) is 5.91 Å². The first-order chi connectivity index (χ1) is 13.8. The van der Waals surface area contributed by atoms with Gasteiger partial charge in [-0.05, 0) is 32.4 Å². The van der Waals surface area contributed by atoms with Crippen LogP contribution in [0, 0.1) is 0 Å². The van der Waals surface area contributed by atoms with E-state index in [1.807, 2.05) is 0 Å². The number of amides is 2. The number of aliphatic hydroxyl groups excluding tert-OH is 1. The molecule has 0 radical (unpaired) electrons. The highest BCUT2D eigenvalue weighted by Crippen LogP contribution is 2.32. The molecule has 2 atom stereocenters. The number of ketones is 1. The van der Waals surface area contributed by atoms with Gasteiger partial charge in [0, 0.05) is 12.8 Å². The van der Waals surface area contributed by atoms with Crippen LogP contribution in [0.4, 0.5) is 18.0 Å². The van der Waals surface area contributed by atoms with Crippen molar-refractivity contribution in [3.8, 4) is 0 Å². The fraction of sp³-hybridized carbons (Fsp3) is 0.550. The smallest absolute Gasteiger partial charge is 0.416 e. The van der Waals surface area contributed by atoms with Crippen LogP contribution in [0.3, 0.4) is 0 Å². The highest BCUT2D eigenvalue weighted by Gasteiger charge is 2.41. The number of nitrogens with one attached hydrogen (secondary N) is 1. The number of carbonyl (C=O) groups is 3. The number of β-amino-alcohol motifs (C(OH)–C–C–N with tert-alkyl or cyclic N) is 1. The van der Waals surface area contributed by atoms with Crippen LogP contribution in [0.15, 0.2) is 24.3 Å². The molecule has 1 aromatic carbocycles. The van der Waals surface area contributed by atoms with Crippen molar-refractivity contribution in [3.63, 3.8) is 0 Å². The second kappa shape index (κ2) is 9.03. The summed E-state index contributed by atoms with van der Waals surface area (Å²) in [6.07, 6.45) is -6.82. The summed E-state index contributed by atoms with van der Waals surface area (Å²) in [5.41, 5.74) is -1.89. The van der Waals surface area contributed by atoms with Crippen molar-refractivity contribution in [2.45, 2.75) is 57.5 Å². The van der Waals surface area contributed by atoms with Crippen molar-refractivity contribution >= 4 is 17.8 Å². The molecule has 2 N–H and O–H groups in total. The Kier molecular flexibility index (Phi) is 7.12. The molecule has 1 aliphatic heterocycles. The van der Waals surface area contributed by atoms with Crippen molar-refractivity contribution < 1.29 is 37.4 Å². The molecule has 1 aliphatic rings. The molecule has 7 nitrogen and oxygen atoms in total. The summed E-state index contributed by atoms with van der Waals surface area (Å²) in [5.74, 6) is -1.31. The monoisotopic (exact) mass is 430 g/mol. The van der Waals surface area contributed by atoms with Crippen LogP contribution in [0.2, 0.25) is 0 Å². The molecule has 0 unspecified atom stereocenters. The number of aliphatic hydroxyl groups is 1. The van der Waals surface area contributed by atoms with Gasteiger partial charge in [-0.2, -0.15) is 13.2 Å². The van der Waals surface area contributed by atoms with E-state index in [9.17, 15) is 32.7 Å². The van der Waals surface area contributed by atoms with E-state index in [1.54, 1.807) is 20.8 Å². The highest BCUT2D eigenvalue weighted by atomic mass is 19.4. The number of likely N-dealkylation sites (tertiary alicyclic amines) is 1. The topological polar surface area (TPSA) is 95.9 Å². The Morgan fingerprint density at radius 3 is 2.43 bits per heavy atom. The Morgan fingerprint density at radius 2 is 1.83 bits per heavy atom. The standard InChI is InChI=1S/C20H25F3N2O5/c1-19(2,3)30-18(29)25-11-14(27)9-16(25)17(28)24-10-13(26)8-12-6-4-5-7-15(12)20(21,22)23/h4-7,14,16,27H,8-11H2,1-3H3,(H,24,28)/t14-,16+/m1/s1. The van der Waals surface area contributed by atoms with E-state index >= 15 is 0 Å². The Labute approximate surface area is 172 Å². The van der Waals surface area contributed by atoms with Crippen LogP contribution >= 0.6 is 0 Å². The predicted octanol–water partition coefficient (Wildman–Crippen LogP) is 2.30. The average Bonchev–Trinajstić information content (AvgIpc) is 3.00. The largest absolute Gasteiger partial charge is 0.444 e. The molecular weight excluding hydrogens is 405 g/mol. The number of halogens is 3. The zero-order valence-corrected chi connectivity index (χ0v) is 17.0. The molecule has 30 heavy (non-hydrogen) atoms. The van der Waals surface area contributed by atoms with Crippen LogP contribution in [0.1, 0.15) is 38.3 Å². The Morgan fingerprint density at radius 1 is 1.20 bits per heavy atom. The number of rotatable bonds is 5. The maximum Gasteiger partial charge on any atom is 0.416 e. The van der Waals surface area contributed by atoms with E-state index in [2.05, 4.69) is 5.32 Å². The molecule has 1 heterocycles. The molecule has 0 aliphatic carbocycles. The SMILES string of the molecule is CC(C)(C)OC(=O)N1C[C@H](O)C[C@H]1C(=O)NCC(=O)Cc1ccccc1C(F)(F)F. The summed E-state index contributed by atoms with van der Waals surface area (Å²) in [6, 6.07) is 3.69. The molecule has 1 saturated heterocycles. The van der Waals surface area contributed by atoms with Crippen LogP contribution in [-0.2, 0) is 26.9 Å². The summed E-state index contributed by atoms with van der Waals surface area (Å²) in [5, 5.41) is 12.2. The van der Waals surface area contributed by atoms with Crippen molar-refractivity contribution in [2.75, 3.05) is 13.1 Å². The Hall–Kier alpha value is -2.62. The van der Waals surface area contributed by atoms with Gasteiger partial charge < -0.3 is 15.2 Å².